The van der Waals surface area contributed by atoms with E-state index >= 15 is 0 Å². The van der Waals surface area contributed by atoms with Gasteiger partial charge < -0.3 is 5.11 Å². The van der Waals surface area contributed by atoms with E-state index in [0.717, 1.165) is 18.6 Å². The number of carbonyl (C=O) groups is 1. The minimum atomic E-state index is -0.0398. The zero-order chi connectivity index (χ0) is 12.3. The lowest BCUT2D eigenvalue weighted by molar-refractivity contribution is -0.117. The van der Waals surface area contributed by atoms with Crippen LogP contribution in [-0.4, -0.2) is 23.6 Å². The fourth-order valence-electron chi connectivity index (χ4n) is 2.17. The number of aliphatic hydroxyl groups is 1. The van der Waals surface area contributed by atoms with Crippen molar-refractivity contribution in [2.45, 2.75) is 46.5 Å². The molecule has 1 N–H and O–H groups in total. The largest absolute Gasteiger partial charge is 0.511 e. The number of aliphatic hydroxyl groups excluding tert-OH is 1. The SMILES string of the molecule is CCC/C(O)=C1\C(=O)CC(C)(C)CC1=NC. The summed E-state index contributed by atoms with van der Waals surface area (Å²) in [5.74, 6) is 0.242. The van der Waals surface area contributed by atoms with Crippen molar-refractivity contribution < 1.29 is 9.90 Å². The molecule has 0 radical (unpaired) electrons. The molecule has 1 rings (SSSR count). The lowest BCUT2D eigenvalue weighted by atomic mass is 9.73. The predicted molar refractivity (Wildman–Crippen MR) is 65.9 cm³/mol. The Labute approximate surface area is 97.3 Å². The van der Waals surface area contributed by atoms with E-state index in [0.29, 0.717) is 18.4 Å². The first kappa shape index (κ1) is 12.9. The van der Waals surface area contributed by atoms with Gasteiger partial charge in [-0.15, -0.1) is 0 Å². The Balaban J connectivity index is 3.10. The number of aliphatic imine (C=N–C) groups is 1. The van der Waals surface area contributed by atoms with Gasteiger partial charge in [0.25, 0.3) is 0 Å². The molecule has 16 heavy (non-hydrogen) atoms. The van der Waals surface area contributed by atoms with Crippen LogP contribution in [-0.2, 0) is 4.79 Å². The van der Waals surface area contributed by atoms with E-state index in [1.807, 2.05) is 6.92 Å². The van der Waals surface area contributed by atoms with Gasteiger partial charge in [0, 0.05) is 25.6 Å². The molecule has 0 atom stereocenters. The third kappa shape index (κ3) is 2.71. The minimum absolute atomic E-state index is 0.0304. The van der Waals surface area contributed by atoms with E-state index in [4.69, 9.17) is 0 Å². The van der Waals surface area contributed by atoms with Crippen molar-refractivity contribution >= 4 is 11.5 Å². The monoisotopic (exact) mass is 223 g/mol. The third-order valence-electron chi connectivity index (χ3n) is 2.90. The highest BCUT2D eigenvalue weighted by Crippen LogP contribution is 2.35. The fraction of sp³-hybridized carbons (Fsp3) is 0.692. The smallest absolute Gasteiger partial charge is 0.168 e. The predicted octanol–water partition coefficient (Wildman–Crippen LogP) is 3.06. The molecule has 3 nitrogen and oxygen atoms in total. The highest BCUT2D eigenvalue weighted by molar-refractivity contribution is 6.24. The second-order valence-electron chi connectivity index (χ2n) is 5.18. The average molecular weight is 223 g/mol. The molecule has 0 bridgehead atoms. The fourth-order valence-corrected chi connectivity index (χ4v) is 2.17. The Morgan fingerprint density at radius 3 is 2.56 bits per heavy atom. The summed E-state index contributed by atoms with van der Waals surface area (Å²) in [6.07, 6.45) is 2.65. The summed E-state index contributed by atoms with van der Waals surface area (Å²) in [6.45, 7) is 6.10. The summed E-state index contributed by atoms with van der Waals surface area (Å²) in [5, 5.41) is 9.89. The second-order valence-corrected chi connectivity index (χ2v) is 5.18. The Morgan fingerprint density at radius 2 is 2.06 bits per heavy atom. The van der Waals surface area contributed by atoms with Crippen molar-refractivity contribution in [1.82, 2.24) is 0 Å². The molecule has 1 aliphatic rings. The van der Waals surface area contributed by atoms with Crippen LogP contribution in [0.25, 0.3) is 0 Å². The Kier molecular flexibility index (Phi) is 3.89. The molecule has 0 aromatic carbocycles. The highest BCUT2D eigenvalue weighted by atomic mass is 16.3. The van der Waals surface area contributed by atoms with Gasteiger partial charge in [-0.3, -0.25) is 9.79 Å². The van der Waals surface area contributed by atoms with Crippen LogP contribution in [0.4, 0.5) is 0 Å². The van der Waals surface area contributed by atoms with Crippen molar-refractivity contribution in [2.75, 3.05) is 7.05 Å². The lowest BCUT2D eigenvalue weighted by Gasteiger charge is -2.31. The zero-order valence-corrected chi connectivity index (χ0v) is 10.6. The van der Waals surface area contributed by atoms with E-state index in [2.05, 4.69) is 18.8 Å². The maximum Gasteiger partial charge on any atom is 0.168 e. The number of Topliss-reactive ketones (excluding diaryl/α,β-unsaturated/α-hetero) is 1. The molecule has 1 fully saturated rings. The van der Waals surface area contributed by atoms with Crippen LogP contribution >= 0.6 is 0 Å². The number of hydrogen-bond acceptors (Lipinski definition) is 3. The van der Waals surface area contributed by atoms with Crippen molar-refractivity contribution in [2.24, 2.45) is 10.4 Å². The van der Waals surface area contributed by atoms with E-state index in [1.165, 1.54) is 0 Å². The van der Waals surface area contributed by atoms with Crippen LogP contribution in [0.1, 0.15) is 46.5 Å². The molecule has 0 aromatic rings. The molecule has 3 heteroatoms. The maximum atomic E-state index is 12.0. The molecule has 0 spiro atoms. The van der Waals surface area contributed by atoms with E-state index in [1.54, 1.807) is 7.05 Å². The number of hydrogen-bond donors (Lipinski definition) is 1. The van der Waals surface area contributed by atoms with E-state index in [-0.39, 0.29) is 17.0 Å². The Morgan fingerprint density at radius 1 is 1.44 bits per heavy atom. The van der Waals surface area contributed by atoms with E-state index in [9.17, 15) is 9.90 Å². The van der Waals surface area contributed by atoms with Crippen molar-refractivity contribution in [1.29, 1.82) is 0 Å². The maximum absolute atomic E-state index is 12.0. The van der Waals surface area contributed by atoms with Crippen molar-refractivity contribution in [3.8, 4) is 0 Å². The summed E-state index contributed by atoms with van der Waals surface area (Å²) in [6, 6.07) is 0. The zero-order valence-electron chi connectivity index (χ0n) is 10.6. The quantitative estimate of drug-likeness (QED) is 0.577. The second kappa shape index (κ2) is 4.81. The first-order valence-corrected chi connectivity index (χ1v) is 5.82. The molecular weight excluding hydrogens is 202 g/mol. The van der Waals surface area contributed by atoms with Gasteiger partial charge in [0.2, 0.25) is 0 Å². The van der Waals surface area contributed by atoms with Crippen LogP contribution in [0.5, 0.6) is 0 Å². The average Bonchev–Trinajstić information content (AvgIpc) is 2.15. The topological polar surface area (TPSA) is 49.7 Å². The van der Waals surface area contributed by atoms with Gasteiger partial charge in [0.15, 0.2) is 5.78 Å². The van der Waals surface area contributed by atoms with Crippen LogP contribution in [0, 0.1) is 5.41 Å². The third-order valence-corrected chi connectivity index (χ3v) is 2.90. The van der Waals surface area contributed by atoms with Crippen molar-refractivity contribution in [3.05, 3.63) is 11.3 Å². The number of rotatable bonds is 2. The summed E-state index contributed by atoms with van der Waals surface area (Å²) < 4.78 is 0. The van der Waals surface area contributed by atoms with E-state index < -0.39 is 0 Å². The molecule has 0 heterocycles. The van der Waals surface area contributed by atoms with Gasteiger partial charge in [-0.2, -0.15) is 0 Å². The molecule has 0 unspecified atom stereocenters. The minimum Gasteiger partial charge on any atom is -0.511 e. The van der Waals surface area contributed by atoms with Gasteiger partial charge in [-0.1, -0.05) is 20.8 Å². The molecule has 90 valence electrons. The van der Waals surface area contributed by atoms with Gasteiger partial charge in [0.05, 0.1) is 5.57 Å². The summed E-state index contributed by atoms with van der Waals surface area (Å²) in [7, 11) is 1.68. The number of ketones is 1. The lowest BCUT2D eigenvalue weighted by Crippen LogP contribution is -2.32. The van der Waals surface area contributed by atoms with Gasteiger partial charge in [0.1, 0.15) is 5.76 Å². The van der Waals surface area contributed by atoms with Gasteiger partial charge in [-0.25, -0.2) is 0 Å². The molecule has 0 amide bonds. The van der Waals surface area contributed by atoms with Crippen LogP contribution in [0.2, 0.25) is 0 Å². The highest BCUT2D eigenvalue weighted by Gasteiger charge is 2.35. The molecule has 0 aliphatic heterocycles. The molecule has 1 saturated carbocycles. The van der Waals surface area contributed by atoms with Crippen LogP contribution in [0.3, 0.4) is 0 Å². The first-order valence-electron chi connectivity index (χ1n) is 5.82. The standard InChI is InChI=1S/C13H21NO2/c1-5-6-10(15)12-9(14-4)7-13(2,3)8-11(12)16/h15H,5-8H2,1-4H3/b12-10+,14-9?. The van der Waals surface area contributed by atoms with Crippen LogP contribution in [0.15, 0.2) is 16.3 Å². The number of carbonyl (C=O) groups excluding carboxylic acids is 1. The van der Waals surface area contributed by atoms with Gasteiger partial charge >= 0.3 is 0 Å². The van der Waals surface area contributed by atoms with Crippen molar-refractivity contribution in [3.63, 3.8) is 0 Å². The van der Waals surface area contributed by atoms with Crippen LogP contribution < -0.4 is 0 Å². The number of nitrogens with zero attached hydrogens (tertiary/aromatic N) is 1. The molecule has 0 saturated heterocycles. The normalized spacial score (nSPS) is 26.0. The summed E-state index contributed by atoms with van der Waals surface area (Å²) in [5.41, 5.74) is 1.19. The molecular formula is C13H21NO2. The Bertz CT molecular complexity index is 351. The van der Waals surface area contributed by atoms with Gasteiger partial charge in [-0.05, 0) is 18.3 Å². The Hall–Kier alpha value is -1.12. The first-order chi connectivity index (χ1) is 7.41. The summed E-state index contributed by atoms with van der Waals surface area (Å²) >= 11 is 0. The number of allylic oxidation sites excluding steroid dienone is 2. The molecule has 1 aliphatic carbocycles. The molecule has 0 aromatic heterocycles. The summed E-state index contributed by atoms with van der Waals surface area (Å²) in [4.78, 5) is 16.2.